The molecule has 6 aromatic rings. The number of piperazine rings is 1. The molecule has 428 valence electrons. The summed E-state index contributed by atoms with van der Waals surface area (Å²) in [7, 11) is -4.59. The topological polar surface area (TPSA) is 259 Å². The van der Waals surface area contributed by atoms with Crippen LogP contribution < -0.4 is 35.4 Å². The average molecular weight is 1150 g/mol. The molecule has 5 aliphatic rings. The van der Waals surface area contributed by atoms with E-state index in [1.807, 2.05) is 18.2 Å². The Morgan fingerprint density at radius 1 is 0.890 bits per heavy atom. The van der Waals surface area contributed by atoms with Crippen LogP contribution in [0.4, 0.5) is 22.7 Å². The maximum Gasteiger partial charge on any atom is 0.268 e. The van der Waals surface area contributed by atoms with Crippen molar-refractivity contribution in [3.05, 3.63) is 136 Å². The maximum atomic E-state index is 14.2. The minimum atomic E-state index is -4.59. The largest absolute Gasteiger partial charge is 0.455 e. The Kier molecular flexibility index (Phi) is 15.9. The second-order valence-corrected chi connectivity index (χ2v) is 24.8. The number of H-pyrrole nitrogens is 1. The van der Waals surface area contributed by atoms with Crippen molar-refractivity contribution in [3.63, 3.8) is 0 Å². The predicted molar refractivity (Wildman–Crippen MR) is 311 cm³/mol. The zero-order valence-corrected chi connectivity index (χ0v) is 47.1. The first-order chi connectivity index (χ1) is 39.4. The second-order valence-electron chi connectivity index (χ2n) is 22.6. The van der Waals surface area contributed by atoms with Crippen LogP contribution in [0.2, 0.25) is 5.02 Å². The fraction of sp³-hybridized carbons (Fsp3) is 0.367. The molecule has 7 N–H and O–H groups in total. The number of piperidine rings is 1. The molecule has 0 bridgehead atoms. The van der Waals surface area contributed by atoms with Crippen LogP contribution in [-0.2, 0) is 19.6 Å². The number of pyridine rings is 1. The van der Waals surface area contributed by atoms with E-state index in [-0.39, 0.29) is 63.2 Å². The van der Waals surface area contributed by atoms with Gasteiger partial charge in [0, 0.05) is 85.8 Å². The highest BCUT2D eigenvalue weighted by Gasteiger charge is 2.46. The number of hydroxylamine groups is 1. The number of nitrogens with zero attached hydrogens (tertiary/aromatic N) is 5. The zero-order chi connectivity index (χ0) is 57.5. The number of anilines is 4. The lowest BCUT2D eigenvalue weighted by Crippen LogP contribution is -2.54. The summed E-state index contributed by atoms with van der Waals surface area (Å²) in [6.07, 6.45) is 9.41. The van der Waals surface area contributed by atoms with Crippen molar-refractivity contribution in [2.24, 2.45) is 11.3 Å². The number of imide groups is 2. The molecule has 1 saturated carbocycles. The molecule has 5 amide bonds. The van der Waals surface area contributed by atoms with Crippen molar-refractivity contribution in [1.82, 2.24) is 29.8 Å². The molecule has 2 saturated heterocycles. The Morgan fingerprint density at radius 3 is 2.43 bits per heavy atom. The first-order valence-corrected chi connectivity index (χ1v) is 29.6. The van der Waals surface area contributed by atoms with E-state index >= 15 is 0 Å². The number of ether oxygens (including phenoxy) is 1. The number of aliphatic hydroxyl groups excluding tert-OH is 1. The molecule has 2 aliphatic carbocycles. The monoisotopic (exact) mass is 1150 g/mol. The van der Waals surface area contributed by atoms with Gasteiger partial charge in [0.25, 0.3) is 27.7 Å². The van der Waals surface area contributed by atoms with Crippen molar-refractivity contribution in [2.45, 2.75) is 88.6 Å². The van der Waals surface area contributed by atoms with Crippen LogP contribution in [0, 0.1) is 11.3 Å². The third kappa shape index (κ3) is 11.9. The van der Waals surface area contributed by atoms with Gasteiger partial charge in [-0.1, -0.05) is 49.2 Å². The molecule has 3 fully saturated rings. The minimum absolute atomic E-state index is 0.0227. The molecule has 1 unspecified atom stereocenters. The fourth-order valence-electron chi connectivity index (χ4n) is 12.0. The summed E-state index contributed by atoms with van der Waals surface area (Å²) in [5.41, 5.74) is 6.84. The van der Waals surface area contributed by atoms with Gasteiger partial charge in [-0.25, -0.2) is 23.2 Å². The lowest BCUT2D eigenvalue weighted by Gasteiger charge is -2.39. The van der Waals surface area contributed by atoms with Crippen LogP contribution in [0.5, 0.6) is 11.5 Å². The van der Waals surface area contributed by atoms with Gasteiger partial charge in [0.05, 0.1) is 39.2 Å². The van der Waals surface area contributed by atoms with Gasteiger partial charge >= 0.3 is 0 Å². The lowest BCUT2D eigenvalue weighted by molar-refractivity contribution is -0.136. The summed E-state index contributed by atoms with van der Waals surface area (Å²) in [5.74, 6) is -2.64. The van der Waals surface area contributed by atoms with Crippen molar-refractivity contribution in [3.8, 4) is 11.5 Å². The van der Waals surface area contributed by atoms with Crippen LogP contribution in [0.25, 0.3) is 16.6 Å². The molecule has 2 aromatic heterocycles. The summed E-state index contributed by atoms with van der Waals surface area (Å²) < 4.78 is 36.8. The first-order valence-electron chi connectivity index (χ1n) is 27.7. The van der Waals surface area contributed by atoms with E-state index in [1.54, 1.807) is 48.7 Å². The van der Waals surface area contributed by atoms with Crippen molar-refractivity contribution < 1.29 is 47.4 Å². The molecule has 5 heterocycles. The number of benzene rings is 4. The molecule has 0 radical (unpaired) electrons. The Hall–Kier alpha value is -7.82. The van der Waals surface area contributed by atoms with Crippen LogP contribution in [0.15, 0.2) is 114 Å². The summed E-state index contributed by atoms with van der Waals surface area (Å²) in [5, 5.41) is 31.9. The SMILES string of the molecule is CC1(C)CCC(CN2CCN(c3ccc(C(=O)NS(=O)(=O)c4ccc(NCC5CCC(Nc6cccc7c6C(=O)N(C6CCC(=O)NC6=O)C7=O)CC5)c(N(O)CO)c4)c(Oc4cnc5[nH]ccc5c4)c3)CC2)=C(c2ccc(Cl)cc2)C1. The number of sulfonamides is 1. The number of fused-ring (bicyclic) bond motifs is 2. The van der Waals surface area contributed by atoms with Crippen LogP contribution in [0.3, 0.4) is 0 Å². The fourth-order valence-corrected chi connectivity index (χ4v) is 13.1. The van der Waals surface area contributed by atoms with E-state index in [0.717, 1.165) is 67.7 Å². The Labute approximate surface area is 479 Å². The van der Waals surface area contributed by atoms with Gasteiger partial charge in [0.15, 0.2) is 0 Å². The van der Waals surface area contributed by atoms with Gasteiger partial charge in [0.1, 0.15) is 29.9 Å². The maximum absolute atomic E-state index is 14.2. The summed E-state index contributed by atoms with van der Waals surface area (Å²) in [6.45, 7) is 8.09. The molecular weight excluding hydrogens is 1090 g/mol. The molecule has 1 atom stereocenters. The number of hydrogen-bond acceptors (Lipinski definition) is 16. The molecule has 0 spiro atoms. The number of carbonyl (C=O) groups excluding carboxylic acids is 5. The van der Waals surface area contributed by atoms with Crippen LogP contribution in [-0.4, -0.2) is 126 Å². The Balaban J connectivity index is 0.743. The average Bonchev–Trinajstić information content (AvgIpc) is 3.45. The van der Waals surface area contributed by atoms with Gasteiger partial charge in [0.2, 0.25) is 11.8 Å². The normalized spacial score (nSPS) is 20.4. The van der Waals surface area contributed by atoms with E-state index in [9.17, 15) is 42.7 Å². The molecule has 82 heavy (non-hydrogen) atoms. The number of rotatable bonds is 17. The number of halogens is 1. The van der Waals surface area contributed by atoms with Gasteiger partial charge in [-0.2, -0.15) is 0 Å². The molecule has 4 aromatic carbocycles. The standard InChI is InChI=1S/C60H65ClN10O10S/c1-60(2)22-20-39(47(31-60)37-8-10-40(61)11-9-37)34-68-24-26-69(27-25-68)42-14-16-45(52(29-42)81-43-28-38-21-23-62-55(38)64-33-43)56(74)67-82(79,80)44-15-17-48(51(30-44)70(78)35-72)63-32-36-6-12-41(13-7-36)65-49-5-3-4-46-54(49)59(77)71(58(46)76)50-18-19-53(73)66-57(50)75/h3-5,8-11,14-17,21,23,28-30,33,36,41,50,63,65,72,78H,6-7,12-13,18-20,22,24-27,31-32,34-35H2,1-2H3,(H,62,64)(H,67,74)(H,66,73,75). The Bertz CT molecular complexity index is 3630. The smallest absolute Gasteiger partial charge is 0.268 e. The number of aliphatic hydroxyl groups is 1. The molecule has 20 nitrogen and oxygen atoms in total. The highest BCUT2D eigenvalue weighted by molar-refractivity contribution is 7.90. The first kappa shape index (κ1) is 56.1. The van der Waals surface area contributed by atoms with Gasteiger partial charge in [-0.05, 0) is 141 Å². The lowest BCUT2D eigenvalue weighted by atomic mass is 9.72. The van der Waals surface area contributed by atoms with E-state index in [2.05, 4.69) is 66.4 Å². The Morgan fingerprint density at radius 2 is 1.67 bits per heavy atom. The van der Waals surface area contributed by atoms with Crippen LogP contribution >= 0.6 is 11.6 Å². The second kappa shape index (κ2) is 23.2. The molecule has 22 heteroatoms. The summed E-state index contributed by atoms with van der Waals surface area (Å²) in [4.78, 5) is 78.5. The van der Waals surface area contributed by atoms with E-state index in [4.69, 9.17) is 16.3 Å². The molecular formula is C60H65ClN10O10S. The third-order valence-corrected chi connectivity index (χ3v) is 18.1. The third-order valence-electron chi connectivity index (χ3n) is 16.5. The number of allylic oxidation sites excluding steroid dienone is 1. The van der Waals surface area contributed by atoms with Gasteiger partial charge < -0.3 is 30.4 Å². The number of aromatic nitrogens is 2. The van der Waals surface area contributed by atoms with E-state index in [0.29, 0.717) is 65.3 Å². The number of carbonyl (C=O) groups is 5. The minimum Gasteiger partial charge on any atom is -0.455 e. The van der Waals surface area contributed by atoms with E-state index in [1.165, 1.54) is 41.1 Å². The predicted octanol–water partition coefficient (Wildman–Crippen LogP) is 8.54. The number of nitrogens with one attached hydrogen (secondary N) is 5. The zero-order valence-electron chi connectivity index (χ0n) is 45.5. The van der Waals surface area contributed by atoms with Gasteiger partial charge in [-0.15, -0.1) is 0 Å². The number of aromatic amines is 1. The van der Waals surface area contributed by atoms with Crippen molar-refractivity contribution in [2.75, 3.05) is 66.6 Å². The number of hydrogen-bond donors (Lipinski definition) is 7. The van der Waals surface area contributed by atoms with Crippen LogP contribution in [0.1, 0.15) is 108 Å². The number of amides is 5. The molecule has 11 rings (SSSR count). The highest BCUT2D eigenvalue weighted by Crippen LogP contribution is 2.44. The van der Waals surface area contributed by atoms with Crippen molar-refractivity contribution >= 4 is 90.5 Å². The highest BCUT2D eigenvalue weighted by atomic mass is 35.5. The van der Waals surface area contributed by atoms with Gasteiger partial charge in [-0.3, -0.25) is 44.3 Å². The summed E-state index contributed by atoms with van der Waals surface area (Å²) in [6, 6.07) is 24.6. The molecule has 3 aliphatic heterocycles. The summed E-state index contributed by atoms with van der Waals surface area (Å²) >= 11 is 6.27. The van der Waals surface area contributed by atoms with Crippen molar-refractivity contribution in [1.29, 1.82) is 0 Å². The quantitative estimate of drug-likeness (QED) is 0.0256. The van der Waals surface area contributed by atoms with E-state index < -0.39 is 52.3 Å².